The molecule has 0 saturated carbocycles. The first-order valence-electron chi connectivity index (χ1n) is 6.41. The van der Waals surface area contributed by atoms with Crippen LogP contribution in [-0.2, 0) is 4.79 Å². The van der Waals surface area contributed by atoms with Gasteiger partial charge in [0.1, 0.15) is 0 Å². The number of hydrogen-bond acceptors (Lipinski definition) is 3. The summed E-state index contributed by atoms with van der Waals surface area (Å²) in [6.07, 6.45) is 3.99. The number of halogens is 2. The maximum absolute atomic E-state index is 11.3. The lowest BCUT2D eigenvalue weighted by molar-refractivity contribution is -0.121. The number of nitrogens with one attached hydrogen (secondary N) is 1. The lowest BCUT2D eigenvalue weighted by Crippen LogP contribution is -2.40. The molecule has 0 bridgehead atoms. The topological polar surface area (TPSA) is 58.4 Å². The molecule has 0 spiro atoms. The van der Waals surface area contributed by atoms with E-state index in [4.69, 9.17) is 5.73 Å². The Bertz CT molecular complexity index is 217. The summed E-state index contributed by atoms with van der Waals surface area (Å²) in [6.45, 7) is 7.01. The van der Waals surface area contributed by atoms with Crippen molar-refractivity contribution >= 4 is 30.7 Å². The fraction of sp³-hybridized carbons (Fsp3) is 0.917. The van der Waals surface area contributed by atoms with Crippen molar-refractivity contribution in [2.45, 2.75) is 32.6 Å². The van der Waals surface area contributed by atoms with Crippen molar-refractivity contribution in [3.05, 3.63) is 0 Å². The number of rotatable bonds is 6. The normalized spacial score (nSPS) is 19.6. The highest BCUT2D eigenvalue weighted by Crippen LogP contribution is 2.14. The molecular formula is C12H27Cl2N3O. The van der Waals surface area contributed by atoms with Crippen LogP contribution >= 0.6 is 24.8 Å². The van der Waals surface area contributed by atoms with Gasteiger partial charge in [0.15, 0.2) is 0 Å². The molecular weight excluding hydrogens is 273 g/mol. The minimum atomic E-state index is 0. The van der Waals surface area contributed by atoms with Gasteiger partial charge in [0.05, 0.1) is 0 Å². The molecule has 1 rings (SSSR count). The average Bonchev–Trinajstić information content (AvgIpc) is 2.26. The summed E-state index contributed by atoms with van der Waals surface area (Å²) in [5.41, 5.74) is 5.35. The highest BCUT2D eigenvalue weighted by molar-refractivity contribution is 5.85. The van der Waals surface area contributed by atoms with Gasteiger partial charge in [-0.05, 0) is 38.3 Å². The van der Waals surface area contributed by atoms with Crippen molar-refractivity contribution in [3.63, 3.8) is 0 Å². The van der Waals surface area contributed by atoms with E-state index in [1.165, 1.54) is 25.9 Å². The molecule has 0 radical (unpaired) electrons. The zero-order chi connectivity index (χ0) is 11.8. The van der Waals surface area contributed by atoms with E-state index in [1.807, 2.05) is 0 Å². The number of amides is 1. The standard InChI is InChI=1S/C12H25N3O.2ClH/c1-11-4-3-8-15(10-11)9-7-14-12(16)5-2-6-13;;/h11H,2-10,13H2,1H3,(H,14,16);2*1H. The first-order chi connectivity index (χ1) is 7.72. The van der Waals surface area contributed by atoms with Gasteiger partial charge in [-0.3, -0.25) is 4.79 Å². The summed E-state index contributed by atoms with van der Waals surface area (Å²) >= 11 is 0. The summed E-state index contributed by atoms with van der Waals surface area (Å²) in [6, 6.07) is 0. The van der Waals surface area contributed by atoms with E-state index in [-0.39, 0.29) is 30.7 Å². The summed E-state index contributed by atoms with van der Waals surface area (Å²) in [7, 11) is 0. The van der Waals surface area contributed by atoms with E-state index in [0.717, 1.165) is 25.4 Å². The monoisotopic (exact) mass is 299 g/mol. The van der Waals surface area contributed by atoms with Crippen molar-refractivity contribution in [1.29, 1.82) is 0 Å². The Morgan fingerprint density at radius 2 is 2.17 bits per heavy atom. The van der Waals surface area contributed by atoms with Gasteiger partial charge in [-0.1, -0.05) is 6.92 Å². The van der Waals surface area contributed by atoms with Crippen LogP contribution < -0.4 is 11.1 Å². The molecule has 3 N–H and O–H groups in total. The molecule has 0 aromatic heterocycles. The minimum Gasteiger partial charge on any atom is -0.355 e. The second kappa shape index (κ2) is 12.0. The number of piperidine rings is 1. The van der Waals surface area contributed by atoms with E-state index < -0.39 is 0 Å². The van der Waals surface area contributed by atoms with Crippen LogP contribution in [-0.4, -0.2) is 43.5 Å². The predicted molar refractivity (Wildman–Crippen MR) is 80.6 cm³/mol. The van der Waals surface area contributed by atoms with E-state index >= 15 is 0 Å². The molecule has 1 aliphatic heterocycles. The van der Waals surface area contributed by atoms with Crippen LogP contribution in [0.5, 0.6) is 0 Å². The van der Waals surface area contributed by atoms with Crippen LogP contribution in [0.15, 0.2) is 0 Å². The molecule has 1 amide bonds. The van der Waals surface area contributed by atoms with Gasteiger partial charge in [-0.2, -0.15) is 0 Å². The van der Waals surface area contributed by atoms with E-state index in [2.05, 4.69) is 17.1 Å². The number of carbonyl (C=O) groups excluding carboxylic acids is 1. The molecule has 1 aliphatic rings. The Balaban J connectivity index is 0. The zero-order valence-electron chi connectivity index (χ0n) is 11.2. The molecule has 0 aromatic carbocycles. The van der Waals surface area contributed by atoms with Crippen molar-refractivity contribution in [2.75, 3.05) is 32.7 Å². The van der Waals surface area contributed by atoms with Crippen LogP contribution in [0.2, 0.25) is 0 Å². The van der Waals surface area contributed by atoms with Crippen LogP contribution in [0.4, 0.5) is 0 Å². The van der Waals surface area contributed by atoms with E-state index in [1.54, 1.807) is 0 Å². The number of carbonyl (C=O) groups is 1. The Morgan fingerprint density at radius 1 is 1.44 bits per heavy atom. The van der Waals surface area contributed by atoms with Crippen molar-refractivity contribution in [1.82, 2.24) is 10.2 Å². The molecule has 1 fully saturated rings. The first kappa shape index (κ1) is 20.3. The van der Waals surface area contributed by atoms with Gasteiger partial charge in [0.25, 0.3) is 0 Å². The first-order valence-corrected chi connectivity index (χ1v) is 6.41. The molecule has 1 heterocycles. The summed E-state index contributed by atoms with van der Waals surface area (Å²) in [5.74, 6) is 0.942. The second-order valence-corrected chi connectivity index (χ2v) is 4.79. The zero-order valence-corrected chi connectivity index (χ0v) is 12.8. The molecule has 1 atom stereocenters. The largest absolute Gasteiger partial charge is 0.355 e. The average molecular weight is 300 g/mol. The molecule has 0 aliphatic carbocycles. The Kier molecular flexibility index (Phi) is 13.6. The van der Waals surface area contributed by atoms with Crippen molar-refractivity contribution < 1.29 is 4.79 Å². The van der Waals surface area contributed by atoms with Crippen molar-refractivity contribution in [2.24, 2.45) is 11.7 Å². The maximum atomic E-state index is 11.3. The van der Waals surface area contributed by atoms with Gasteiger partial charge >= 0.3 is 0 Å². The fourth-order valence-corrected chi connectivity index (χ4v) is 2.19. The van der Waals surface area contributed by atoms with Gasteiger partial charge in [0, 0.05) is 26.1 Å². The minimum absolute atomic E-state index is 0. The number of nitrogens with zero attached hydrogens (tertiary/aromatic N) is 1. The molecule has 18 heavy (non-hydrogen) atoms. The van der Waals surface area contributed by atoms with E-state index in [0.29, 0.717) is 13.0 Å². The molecule has 1 saturated heterocycles. The van der Waals surface area contributed by atoms with Gasteiger partial charge in [0.2, 0.25) is 5.91 Å². The second-order valence-electron chi connectivity index (χ2n) is 4.79. The Hall–Kier alpha value is -0.0300. The Morgan fingerprint density at radius 3 is 2.78 bits per heavy atom. The predicted octanol–water partition coefficient (Wildman–Crippen LogP) is 1.42. The number of likely N-dealkylation sites (tertiary alicyclic amines) is 1. The SMILES string of the molecule is CC1CCCN(CCNC(=O)CCCN)C1.Cl.Cl. The number of nitrogens with two attached hydrogens (primary N) is 1. The fourth-order valence-electron chi connectivity index (χ4n) is 2.19. The summed E-state index contributed by atoms with van der Waals surface area (Å²) in [4.78, 5) is 13.8. The van der Waals surface area contributed by atoms with Gasteiger partial charge in [-0.25, -0.2) is 0 Å². The quantitative estimate of drug-likeness (QED) is 0.780. The smallest absolute Gasteiger partial charge is 0.220 e. The van der Waals surface area contributed by atoms with Crippen LogP contribution in [0.25, 0.3) is 0 Å². The van der Waals surface area contributed by atoms with Gasteiger partial charge < -0.3 is 16.0 Å². The third-order valence-corrected chi connectivity index (χ3v) is 3.10. The Labute approximate surface area is 123 Å². The summed E-state index contributed by atoms with van der Waals surface area (Å²) in [5, 5.41) is 2.94. The van der Waals surface area contributed by atoms with Crippen LogP contribution in [0.3, 0.4) is 0 Å². The van der Waals surface area contributed by atoms with Crippen molar-refractivity contribution in [3.8, 4) is 0 Å². The molecule has 6 heteroatoms. The third kappa shape index (κ3) is 8.97. The van der Waals surface area contributed by atoms with Gasteiger partial charge in [-0.15, -0.1) is 24.8 Å². The highest BCUT2D eigenvalue weighted by atomic mass is 35.5. The van der Waals surface area contributed by atoms with Crippen LogP contribution in [0.1, 0.15) is 32.6 Å². The summed E-state index contributed by atoms with van der Waals surface area (Å²) < 4.78 is 0. The lowest BCUT2D eigenvalue weighted by atomic mass is 10.0. The van der Waals surface area contributed by atoms with Crippen LogP contribution in [0, 0.1) is 5.92 Å². The molecule has 110 valence electrons. The molecule has 0 aromatic rings. The molecule has 1 unspecified atom stereocenters. The molecule has 4 nitrogen and oxygen atoms in total. The van der Waals surface area contributed by atoms with E-state index in [9.17, 15) is 4.79 Å². The lowest BCUT2D eigenvalue weighted by Gasteiger charge is -2.30. The number of hydrogen-bond donors (Lipinski definition) is 2. The highest BCUT2D eigenvalue weighted by Gasteiger charge is 2.15. The third-order valence-electron chi connectivity index (χ3n) is 3.10. The maximum Gasteiger partial charge on any atom is 0.220 e.